The van der Waals surface area contributed by atoms with Crippen molar-refractivity contribution < 1.29 is 0 Å². The summed E-state index contributed by atoms with van der Waals surface area (Å²) in [4.78, 5) is 0. The predicted octanol–water partition coefficient (Wildman–Crippen LogP) is 3.06. The zero-order valence-electron chi connectivity index (χ0n) is 10.3. The van der Waals surface area contributed by atoms with Crippen LogP contribution in [-0.4, -0.2) is 0 Å². The number of benzene rings is 2. The van der Waals surface area contributed by atoms with Crippen LogP contribution in [0.15, 0.2) is 42.5 Å². The Morgan fingerprint density at radius 2 is 1.89 bits per heavy atom. The fraction of sp³-hybridized carbons (Fsp3) is 0.133. The van der Waals surface area contributed by atoms with Gasteiger partial charge in [-0.2, -0.15) is 5.26 Å². The molecule has 0 aromatic heterocycles. The van der Waals surface area contributed by atoms with E-state index in [-0.39, 0.29) is 0 Å². The molecule has 3 nitrogen and oxygen atoms in total. The fourth-order valence-corrected chi connectivity index (χ4v) is 1.73. The maximum absolute atomic E-state index is 9.04. The highest BCUT2D eigenvalue weighted by Gasteiger charge is 2.01. The number of aryl methyl sites for hydroxylation is 1. The maximum atomic E-state index is 9.04. The minimum atomic E-state index is 0.663. The largest absolute Gasteiger partial charge is 0.399 e. The van der Waals surface area contributed by atoms with E-state index >= 15 is 0 Å². The number of nitriles is 1. The smallest absolute Gasteiger partial charge is 0.101 e. The summed E-state index contributed by atoms with van der Waals surface area (Å²) in [6.45, 7) is 2.69. The molecule has 0 aliphatic rings. The van der Waals surface area contributed by atoms with E-state index < -0.39 is 0 Å². The Balaban J connectivity index is 2.13. The molecule has 2 aromatic rings. The Morgan fingerprint density at radius 3 is 2.56 bits per heavy atom. The summed E-state index contributed by atoms with van der Waals surface area (Å²) in [6.07, 6.45) is 0. The number of hydrogen-bond donors (Lipinski definition) is 2. The normalized spacial score (nSPS) is 9.78. The Kier molecular flexibility index (Phi) is 3.49. The third-order valence-corrected chi connectivity index (χ3v) is 2.76. The van der Waals surface area contributed by atoms with Crippen molar-refractivity contribution in [2.75, 3.05) is 11.1 Å². The molecule has 2 rings (SSSR count). The second-order valence-electron chi connectivity index (χ2n) is 4.26. The Morgan fingerprint density at radius 1 is 1.17 bits per heavy atom. The fourth-order valence-electron chi connectivity index (χ4n) is 1.73. The summed E-state index contributed by atoms with van der Waals surface area (Å²) in [5.41, 5.74) is 10.2. The molecule has 0 aliphatic carbocycles. The zero-order valence-corrected chi connectivity index (χ0v) is 10.3. The van der Waals surface area contributed by atoms with E-state index in [9.17, 15) is 0 Å². The van der Waals surface area contributed by atoms with Crippen LogP contribution in [0.1, 0.15) is 16.7 Å². The lowest BCUT2D eigenvalue weighted by molar-refractivity contribution is 1.14. The Bertz CT molecular complexity index is 580. The van der Waals surface area contributed by atoms with Crippen molar-refractivity contribution in [2.24, 2.45) is 0 Å². The van der Waals surface area contributed by atoms with Crippen molar-refractivity contribution in [2.45, 2.75) is 13.5 Å². The van der Waals surface area contributed by atoms with Gasteiger partial charge in [0, 0.05) is 12.2 Å². The summed E-state index contributed by atoms with van der Waals surface area (Å²) in [5, 5.41) is 12.3. The molecule has 0 amide bonds. The first-order chi connectivity index (χ1) is 8.69. The molecule has 2 aromatic carbocycles. The zero-order chi connectivity index (χ0) is 13.0. The summed E-state index contributed by atoms with van der Waals surface area (Å²) in [6, 6.07) is 15.6. The van der Waals surface area contributed by atoms with Gasteiger partial charge in [0.15, 0.2) is 0 Å². The molecule has 0 aliphatic heterocycles. The van der Waals surface area contributed by atoms with Gasteiger partial charge in [0.05, 0.1) is 11.3 Å². The van der Waals surface area contributed by atoms with Crippen molar-refractivity contribution >= 4 is 11.4 Å². The number of anilines is 2. The molecule has 0 bridgehead atoms. The van der Waals surface area contributed by atoms with E-state index in [4.69, 9.17) is 11.0 Å². The number of nitrogen functional groups attached to an aromatic ring is 1. The van der Waals surface area contributed by atoms with E-state index in [1.807, 2.05) is 49.4 Å². The molecule has 0 radical (unpaired) electrons. The van der Waals surface area contributed by atoms with E-state index in [0.29, 0.717) is 12.1 Å². The first-order valence-corrected chi connectivity index (χ1v) is 5.78. The van der Waals surface area contributed by atoms with Crippen LogP contribution in [0.2, 0.25) is 0 Å². The molecule has 3 N–H and O–H groups in total. The second kappa shape index (κ2) is 5.24. The van der Waals surface area contributed by atoms with Crippen molar-refractivity contribution in [1.82, 2.24) is 0 Å². The minimum absolute atomic E-state index is 0.663. The van der Waals surface area contributed by atoms with Crippen LogP contribution in [0.5, 0.6) is 0 Å². The molecule has 0 spiro atoms. The minimum Gasteiger partial charge on any atom is -0.399 e. The average Bonchev–Trinajstić information content (AvgIpc) is 2.38. The number of nitrogens with one attached hydrogen (secondary N) is 1. The van der Waals surface area contributed by atoms with Crippen LogP contribution < -0.4 is 11.1 Å². The molecule has 0 atom stereocenters. The number of nitrogens with two attached hydrogens (primary N) is 1. The summed E-state index contributed by atoms with van der Waals surface area (Å²) in [5.74, 6) is 0. The topological polar surface area (TPSA) is 61.8 Å². The van der Waals surface area contributed by atoms with Gasteiger partial charge in [-0.15, -0.1) is 0 Å². The van der Waals surface area contributed by atoms with Crippen LogP contribution in [0.4, 0.5) is 11.4 Å². The average molecular weight is 237 g/mol. The molecule has 0 saturated carbocycles. The van der Waals surface area contributed by atoms with Crippen molar-refractivity contribution in [3.63, 3.8) is 0 Å². The van der Waals surface area contributed by atoms with Gasteiger partial charge in [-0.05, 0) is 42.3 Å². The van der Waals surface area contributed by atoms with Gasteiger partial charge in [-0.25, -0.2) is 0 Å². The third-order valence-electron chi connectivity index (χ3n) is 2.76. The second-order valence-corrected chi connectivity index (χ2v) is 4.26. The van der Waals surface area contributed by atoms with Gasteiger partial charge in [0.2, 0.25) is 0 Å². The van der Waals surface area contributed by atoms with Crippen LogP contribution in [0, 0.1) is 18.3 Å². The lowest BCUT2D eigenvalue weighted by atomic mass is 10.1. The molecule has 0 unspecified atom stereocenters. The highest BCUT2D eigenvalue weighted by Crippen LogP contribution is 2.17. The van der Waals surface area contributed by atoms with Crippen molar-refractivity contribution in [3.05, 3.63) is 59.2 Å². The highest BCUT2D eigenvalue weighted by atomic mass is 14.9. The molecule has 0 fully saturated rings. The first kappa shape index (κ1) is 12.0. The molecular formula is C15H15N3. The standard InChI is InChI=1S/C15H15N3/c1-11-2-5-13(9-16)15(8-11)18-10-12-3-6-14(17)7-4-12/h2-8,18H,10,17H2,1H3. The summed E-state index contributed by atoms with van der Waals surface area (Å²) in [7, 11) is 0. The SMILES string of the molecule is Cc1ccc(C#N)c(NCc2ccc(N)cc2)c1. The van der Waals surface area contributed by atoms with Gasteiger partial charge in [-0.3, -0.25) is 0 Å². The lowest BCUT2D eigenvalue weighted by Crippen LogP contribution is -2.01. The highest BCUT2D eigenvalue weighted by molar-refractivity contribution is 5.59. The van der Waals surface area contributed by atoms with E-state index in [1.165, 1.54) is 0 Å². The molecular weight excluding hydrogens is 222 g/mol. The van der Waals surface area contributed by atoms with Crippen LogP contribution in [-0.2, 0) is 6.54 Å². The Hall–Kier alpha value is -2.47. The Labute approximate surface area is 107 Å². The van der Waals surface area contributed by atoms with Gasteiger partial charge < -0.3 is 11.1 Å². The molecule has 3 heteroatoms. The monoisotopic (exact) mass is 237 g/mol. The van der Waals surface area contributed by atoms with Crippen molar-refractivity contribution in [3.8, 4) is 6.07 Å². The van der Waals surface area contributed by atoms with Crippen LogP contribution in [0.25, 0.3) is 0 Å². The quantitative estimate of drug-likeness (QED) is 0.806. The molecule has 0 saturated heterocycles. The third kappa shape index (κ3) is 2.80. The van der Waals surface area contributed by atoms with Crippen LogP contribution >= 0.6 is 0 Å². The van der Waals surface area contributed by atoms with Crippen molar-refractivity contribution in [1.29, 1.82) is 5.26 Å². The lowest BCUT2D eigenvalue weighted by Gasteiger charge is -2.09. The first-order valence-electron chi connectivity index (χ1n) is 5.78. The number of hydrogen-bond acceptors (Lipinski definition) is 3. The summed E-state index contributed by atoms with van der Waals surface area (Å²) < 4.78 is 0. The van der Waals surface area contributed by atoms with Gasteiger partial charge in [0.25, 0.3) is 0 Å². The number of rotatable bonds is 3. The van der Waals surface area contributed by atoms with E-state index in [1.54, 1.807) is 0 Å². The van der Waals surface area contributed by atoms with Gasteiger partial charge in [0.1, 0.15) is 6.07 Å². The molecule has 18 heavy (non-hydrogen) atoms. The molecule has 0 heterocycles. The maximum Gasteiger partial charge on any atom is 0.101 e. The van der Waals surface area contributed by atoms with Gasteiger partial charge in [-0.1, -0.05) is 18.2 Å². The summed E-state index contributed by atoms with van der Waals surface area (Å²) >= 11 is 0. The van der Waals surface area contributed by atoms with Crippen LogP contribution in [0.3, 0.4) is 0 Å². The predicted molar refractivity (Wildman–Crippen MR) is 74.1 cm³/mol. The van der Waals surface area contributed by atoms with Gasteiger partial charge >= 0.3 is 0 Å². The van der Waals surface area contributed by atoms with E-state index in [2.05, 4.69) is 11.4 Å². The molecule has 90 valence electrons. The number of nitrogens with zero attached hydrogens (tertiary/aromatic N) is 1. The van der Waals surface area contributed by atoms with E-state index in [0.717, 1.165) is 22.5 Å².